The van der Waals surface area contributed by atoms with Gasteiger partial charge in [-0.3, -0.25) is 14.2 Å². The Labute approximate surface area is 171 Å². The van der Waals surface area contributed by atoms with Gasteiger partial charge in [0, 0.05) is 36.1 Å². The van der Waals surface area contributed by atoms with E-state index in [1.165, 1.54) is 44.4 Å². The molecule has 0 radical (unpaired) electrons. The first-order valence-electron chi connectivity index (χ1n) is 8.52. The average molecular weight is 438 g/mol. The summed E-state index contributed by atoms with van der Waals surface area (Å²) in [6, 6.07) is 3.75. The number of anilines is 1. The van der Waals surface area contributed by atoms with Gasteiger partial charge in [0.15, 0.2) is 14.8 Å². The number of imidazole rings is 1. The summed E-state index contributed by atoms with van der Waals surface area (Å²) in [5, 5.41) is 4.46. The fourth-order valence-corrected chi connectivity index (χ4v) is 4.71. The van der Waals surface area contributed by atoms with Crippen molar-refractivity contribution in [1.82, 2.24) is 9.38 Å². The highest BCUT2D eigenvalue weighted by molar-refractivity contribution is 7.92. The quantitative estimate of drug-likeness (QED) is 0.454. The highest BCUT2D eigenvalue weighted by Crippen LogP contribution is 2.25. The molecule has 1 aromatic carbocycles. The highest BCUT2D eigenvalue weighted by Gasteiger charge is 2.38. The zero-order valence-corrected chi connectivity index (χ0v) is 17.6. The van der Waals surface area contributed by atoms with Crippen molar-refractivity contribution >= 4 is 43.6 Å². The third-order valence-corrected chi connectivity index (χ3v) is 7.84. The van der Waals surface area contributed by atoms with Gasteiger partial charge < -0.3 is 11.1 Å². The van der Waals surface area contributed by atoms with Crippen LogP contribution >= 0.6 is 11.3 Å². The van der Waals surface area contributed by atoms with Gasteiger partial charge in [0.05, 0.1) is 5.75 Å². The Morgan fingerprint density at radius 1 is 1.41 bits per heavy atom. The van der Waals surface area contributed by atoms with Gasteiger partial charge in [0.1, 0.15) is 22.1 Å². The second-order valence-corrected chi connectivity index (χ2v) is 10.3. The summed E-state index contributed by atoms with van der Waals surface area (Å²) in [6.45, 7) is 2.83. The standard InChI is InChI=1S/C18H20FN5O3S2/c1-18(2,16(20)21-3)29(26,27)10-11-8-12(4-5-13(11)19)22-15(25)14-9-24-6-7-28-17(24)23-14/h4-9H,10H2,1-3H3,(H2,20,21)(H,22,25). The van der Waals surface area contributed by atoms with Crippen LogP contribution < -0.4 is 11.1 Å². The Bertz CT molecular complexity index is 1180. The average Bonchev–Trinajstić information content (AvgIpc) is 3.25. The number of hydrogen-bond acceptors (Lipinski definition) is 6. The van der Waals surface area contributed by atoms with Crippen LogP contribution in [0.4, 0.5) is 10.1 Å². The number of carbonyl (C=O) groups excluding carboxylic acids is 1. The normalized spacial score (nSPS) is 13.0. The van der Waals surface area contributed by atoms with E-state index in [0.717, 1.165) is 6.07 Å². The molecule has 0 bridgehead atoms. The molecule has 11 heteroatoms. The first-order chi connectivity index (χ1) is 13.5. The van der Waals surface area contributed by atoms with E-state index >= 15 is 0 Å². The van der Waals surface area contributed by atoms with Crippen LogP contribution in [0.5, 0.6) is 0 Å². The number of aliphatic imine (C=N–C) groups is 1. The van der Waals surface area contributed by atoms with Gasteiger partial charge in [-0.05, 0) is 32.0 Å². The number of nitrogens with one attached hydrogen (secondary N) is 1. The lowest BCUT2D eigenvalue weighted by atomic mass is 10.2. The minimum absolute atomic E-state index is 0.0675. The molecular weight excluding hydrogens is 417 g/mol. The number of aromatic nitrogens is 2. The predicted octanol–water partition coefficient (Wildman–Crippen LogP) is 2.47. The van der Waals surface area contributed by atoms with E-state index in [2.05, 4.69) is 15.3 Å². The number of halogens is 1. The fourth-order valence-electron chi connectivity index (χ4n) is 2.61. The van der Waals surface area contributed by atoms with Crippen molar-refractivity contribution in [3.05, 3.63) is 53.0 Å². The number of sulfone groups is 1. The van der Waals surface area contributed by atoms with E-state index in [1.807, 2.05) is 5.38 Å². The van der Waals surface area contributed by atoms with Gasteiger partial charge in [0.25, 0.3) is 5.91 Å². The second-order valence-electron chi connectivity index (χ2n) is 6.86. The first-order valence-corrected chi connectivity index (χ1v) is 11.1. The molecular formula is C18H20FN5O3S2. The van der Waals surface area contributed by atoms with Gasteiger partial charge in [-0.2, -0.15) is 0 Å². The maximum Gasteiger partial charge on any atom is 0.275 e. The summed E-state index contributed by atoms with van der Waals surface area (Å²) in [4.78, 5) is 21.0. The molecule has 0 saturated carbocycles. The van der Waals surface area contributed by atoms with Crippen molar-refractivity contribution in [2.24, 2.45) is 10.7 Å². The molecule has 8 nitrogen and oxygen atoms in total. The van der Waals surface area contributed by atoms with Crippen LogP contribution in [0.15, 0.2) is 41.0 Å². The summed E-state index contributed by atoms with van der Waals surface area (Å²) >= 11 is 1.38. The largest absolute Gasteiger partial charge is 0.386 e. The molecule has 0 atom stereocenters. The number of amides is 1. The molecule has 0 unspecified atom stereocenters. The van der Waals surface area contributed by atoms with Crippen molar-refractivity contribution in [2.45, 2.75) is 24.3 Å². The highest BCUT2D eigenvalue weighted by atomic mass is 32.2. The van der Waals surface area contributed by atoms with Gasteiger partial charge in [-0.25, -0.2) is 17.8 Å². The number of rotatable bonds is 6. The lowest BCUT2D eigenvalue weighted by Crippen LogP contribution is -2.46. The van der Waals surface area contributed by atoms with Crippen molar-refractivity contribution in [3.8, 4) is 0 Å². The Hall–Kier alpha value is -2.79. The van der Waals surface area contributed by atoms with Crippen LogP contribution in [0.1, 0.15) is 29.9 Å². The van der Waals surface area contributed by atoms with E-state index in [1.54, 1.807) is 16.8 Å². The Morgan fingerprint density at radius 2 is 2.14 bits per heavy atom. The molecule has 3 aromatic rings. The monoisotopic (exact) mass is 437 g/mol. The second kappa shape index (κ2) is 7.56. The summed E-state index contributed by atoms with van der Waals surface area (Å²) in [5.74, 6) is -1.84. The van der Waals surface area contributed by atoms with Crippen molar-refractivity contribution in [2.75, 3.05) is 12.4 Å². The summed E-state index contributed by atoms with van der Waals surface area (Å²) in [6.07, 6.45) is 3.35. The molecule has 2 heterocycles. The van der Waals surface area contributed by atoms with Gasteiger partial charge in [0.2, 0.25) is 0 Å². The molecule has 0 aliphatic heterocycles. The molecule has 3 N–H and O–H groups in total. The Kier molecular flexibility index (Phi) is 5.46. The van der Waals surface area contributed by atoms with E-state index in [-0.39, 0.29) is 22.8 Å². The Balaban J connectivity index is 1.84. The zero-order valence-electron chi connectivity index (χ0n) is 16.0. The molecule has 3 rings (SSSR count). The van der Waals surface area contributed by atoms with E-state index in [0.29, 0.717) is 4.96 Å². The van der Waals surface area contributed by atoms with Crippen LogP contribution in [0.3, 0.4) is 0 Å². The number of thiazole rings is 1. The van der Waals surface area contributed by atoms with E-state index in [4.69, 9.17) is 5.73 Å². The van der Waals surface area contributed by atoms with Crippen LogP contribution in [0, 0.1) is 5.82 Å². The van der Waals surface area contributed by atoms with Crippen LogP contribution in [0.2, 0.25) is 0 Å². The third-order valence-electron chi connectivity index (χ3n) is 4.61. The molecule has 0 spiro atoms. The topological polar surface area (TPSA) is 119 Å². The van der Waals surface area contributed by atoms with E-state index in [9.17, 15) is 17.6 Å². The zero-order chi connectivity index (χ0) is 21.4. The molecule has 1 amide bonds. The maximum absolute atomic E-state index is 14.3. The molecule has 0 fully saturated rings. The maximum atomic E-state index is 14.3. The summed E-state index contributed by atoms with van der Waals surface area (Å²) < 4.78 is 40.1. The fraction of sp³-hybridized carbons (Fsp3) is 0.278. The van der Waals surface area contributed by atoms with Crippen molar-refractivity contribution < 1.29 is 17.6 Å². The number of nitrogens with two attached hydrogens (primary N) is 1. The van der Waals surface area contributed by atoms with Crippen LogP contribution in [-0.2, 0) is 15.6 Å². The molecule has 2 aromatic heterocycles. The molecule has 0 aliphatic carbocycles. The number of nitrogens with zero attached hydrogens (tertiary/aromatic N) is 3. The lowest BCUT2D eigenvalue weighted by molar-refractivity contribution is 0.102. The smallest absolute Gasteiger partial charge is 0.275 e. The number of carbonyl (C=O) groups is 1. The van der Waals surface area contributed by atoms with Gasteiger partial charge >= 0.3 is 0 Å². The SMILES string of the molecule is CN=C(N)C(C)(C)S(=O)(=O)Cc1cc(NC(=O)c2cn3ccsc3n2)ccc1F. The molecule has 0 aliphatic rings. The minimum atomic E-state index is -3.88. The van der Waals surface area contributed by atoms with Gasteiger partial charge in [-0.15, -0.1) is 11.3 Å². The lowest BCUT2D eigenvalue weighted by Gasteiger charge is -2.24. The summed E-state index contributed by atoms with van der Waals surface area (Å²) in [5.41, 5.74) is 6.10. The molecule has 0 saturated heterocycles. The van der Waals surface area contributed by atoms with Gasteiger partial charge in [-0.1, -0.05) is 0 Å². The van der Waals surface area contributed by atoms with Crippen molar-refractivity contribution in [1.29, 1.82) is 0 Å². The minimum Gasteiger partial charge on any atom is -0.386 e. The Morgan fingerprint density at radius 3 is 2.79 bits per heavy atom. The number of amidine groups is 1. The first kappa shape index (κ1) is 20.9. The molecule has 154 valence electrons. The number of benzene rings is 1. The number of fused-ring (bicyclic) bond motifs is 1. The van der Waals surface area contributed by atoms with Crippen molar-refractivity contribution in [3.63, 3.8) is 0 Å². The third kappa shape index (κ3) is 4.01. The number of hydrogen-bond donors (Lipinski definition) is 2. The van der Waals surface area contributed by atoms with Crippen LogP contribution in [0.25, 0.3) is 4.96 Å². The summed E-state index contributed by atoms with van der Waals surface area (Å²) in [7, 11) is -2.48. The van der Waals surface area contributed by atoms with E-state index < -0.39 is 32.1 Å². The predicted molar refractivity (Wildman–Crippen MR) is 112 cm³/mol. The van der Waals surface area contributed by atoms with Crippen LogP contribution in [-0.4, -0.2) is 41.3 Å². The molecule has 29 heavy (non-hydrogen) atoms.